The van der Waals surface area contributed by atoms with Crippen molar-refractivity contribution in [1.82, 2.24) is 25.3 Å². The van der Waals surface area contributed by atoms with Gasteiger partial charge in [-0.25, -0.2) is 0 Å². The molecule has 1 N–H and O–H groups in total. The Morgan fingerprint density at radius 2 is 2.11 bits per heavy atom. The van der Waals surface area contributed by atoms with E-state index in [1.165, 1.54) is 30.3 Å². The van der Waals surface area contributed by atoms with Crippen LogP contribution in [0.25, 0.3) is 5.65 Å². The van der Waals surface area contributed by atoms with Gasteiger partial charge in [-0.15, -0.1) is 14.8 Å². The number of nitrogens with zero attached hydrogens (tertiary/aromatic N) is 5. The lowest BCUT2D eigenvalue weighted by Crippen LogP contribution is -2.23. The van der Waals surface area contributed by atoms with E-state index in [9.17, 15) is 0 Å². The fraction of sp³-hybridized carbons (Fsp3) is 0.692. The van der Waals surface area contributed by atoms with Crippen LogP contribution in [0.15, 0.2) is 12.1 Å². The summed E-state index contributed by atoms with van der Waals surface area (Å²) >= 11 is 0. The molecular weight excluding hydrogens is 240 g/mol. The summed E-state index contributed by atoms with van der Waals surface area (Å²) in [7, 11) is 0. The monoisotopic (exact) mass is 262 g/mol. The fourth-order valence-corrected chi connectivity index (χ4v) is 2.02. The normalized spacial score (nSPS) is 11.9. The van der Waals surface area contributed by atoms with Crippen molar-refractivity contribution in [3.63, 3.8) is 0 Å². The molecule has 2 heterocycles. The fourth-order valence-electron chi connectivity index (χ4n) is 2.02. The highest BCUT2D eigenvalue weighted by Crippen LogP contribution is 2.24. The molecule has 0 aromatic carbocycles. The van der Waals surface area contributed by atoms with Crippen LogP contribution in [0.4, 0.5) is 5.82 Å². The SMILES string of the molecule is CCCCCC(C)(C)CNc1ccc2nnnn2n1. The second-order valence-electron chi connectivity index (χ2n) is 5.72. The zero-order valence-corrected chi connectivity index (χ0v) is 11.9. The summed E-state index contributed by atoms with van der Waals surface area (Å²) in [5.74, 6) is 0.809. The number of unbranched alkanes of at least 4 members (excludes halogenated alkanes) is 2. The molecule has 0 atom stereocenters. The van der Waals surface area contributed by atoms with Gasteiger partial charge < -0.3 is 5.32 Å². The second-order valence-corrected chi connectivity index (χ2v) is 5.72. The van der Waals surface area contributed by atoms with Gasteiger partial charge in [-0.1, -0.05) is 40.0 Å². The third-order valence-corrected chi connectivity index (χ3v) is 3.27. The predicted octanol–water partition coefficient (Wildman–Crippen LogP) is 2.54. The molecule has 0 spiro atoms. The number of hydrogen-bond acceptors (Lipinski definition) is 5. The van der Waals surface area contributed by atoms with Crippen molar-refractivity contribution in [2.45, 2.75) is 46.5 Å². The number of anilines is 1. The molecular formula is C13H22N6. The largest absolute Gasteiger partial charge is 0.368 e. The Balaban J connectivity index is 1.89. The van der Waals surface area contributed by atoms with E-state index in [2.05, 4.69) is 46.7 Å². The number of tetrazole rings is 1. The lowest BCUT2D eigenvalue weighted by Gasteiger charge is -2.25. The van der Waals surface area contributed by atoms with Crippen molar-refractivity contribution in [3.05, 3.63) is 12.1 Å². The van der Waals surface area contributed by atoms with E-state index < -0.39 is 0 Å². The molecule has 104 valence electrons. The van der Waals surface area contributed by atoms with Crippen LogP contribution in [-0.4, -0.2) is 31.8 Å². The van der Waals surface area contributed by atoms with Gasteiger partial charge in [0.1, 0.15) is 5.82 Å². The molecule has 0 unspecified atom stereocenters. The van der Waals surface area contributed by atoms with Crippen LogP contribution >= 0.6 is 0 Å². The van der Waals surface area contributed by atoms with E-state index in [0.717, 1.165) is 12.4 Å². The summed E-state index contributed by atoms with van der Waals surface area (Å²) in [6.45, 7) is 7.70. The average Bonchev–Trinajstić information content (AvgIpc) is 2.84. The summed E-state index contributed by atoms with van der Waals surface area (Å²) in [5, 5.41) is 18.9. The van der Waals surface area contributed by atoms with Crippen LogP contribution in [0.3, 0.4) is 0 Å². The first kappa shape index (κ1) is 13.7. The maximum atomic E-state index is 4.30. The van der Waals surface area contributed by atoms with Crippen LogP contribution in [0.1, 0.15) is 46.5 Å². The zero-order valence-electron chi connectivity index (χ0n) is 11.9. The van der Waals surface area contributed by atoms with Crippen LogP contribution in [0.5, 0.6) is 0 Å². The van der Waals surface area contributed by atoms with Crippen molar-refractivity contribution in [2.75, 3.05) is 11.9 Å². The van der Waals surface area contributed by atoms with Crippen LogP contribution in [0, 0.1) is 5.41 Å². The Hall–Kier alpha value is -1.72. The maximum absolute atomic E-state index is 4.30. The summed E-state index contributed by atoms with van der Waals surface area (Å²) in [6.07, 6.45) is 5.07. The first-order valence-corrected chi connectivity index (χ1v) is 6.90. The predicted molar refractivity (Wildman–Crippen MR) is 75.0 cm³/mol. The lowest BCUT2D eigenvalue weighted by molar-refractivity contribution is 0.342. The molecule has 0 saturated heterocycles. The quantitative estimate of drug-likeness (QED) is 0.777. The molecule has 0 bridgehead atoms. The van der Waals surface area contributed by atoms with Gasteiger partial charge in [0.05, 0.1) is 0 Å². The molecule has 6 nitrogen and oxygen atoms in total. The van der Waals surface area contributed by atoms with Crippen molar-refractivity contribution in [3.8, 4) is 0 Å². The van der Waals surface area contributed by atoms with Crippen molar-refractivity contribution >= 4 is 11.5 Å². The van der Waals surface area contributed by atoms with Gasteiger partial charge in [0.15, 0.2) is 5.65 Å². The molecule has 2 aromatic heterocycles. The van der Waals surface area contributed by atoms with Crippen molar-refractivity contribution in [1.29, 1.82) is 0 Å². The minimum Gasteiger partial charge on any atom is -0.368 e. The Morgan fingerprint density at radius 1 is 1.26 bits per heavy atom. The van der Waals surface area contributed by atoms with Crippen molar-refractivity contribution < 1.29 is 0 Å². The average molecular weight is 262 g/mol. The molecule has 0 amide bonds. The molecule has 0 fully saturated rings. The van der Waals surface area contributed by atoms with Crippen LogP contribution < -0.4 is 5.32 Å². The third-order valence-electron chi connectivity index (χ3n) is 3.27. The van der Waals surface area contributed by atoms with Gasteiger partial charge in [-0.3, -0.25) is 0 Å². The highest BCUT2D eigenvalue weighted by atomic mass is 15.6. The number of fused-ring (bicyclic) bond motifs is 1. The lowest BCUT2D eigenvalue weighted by atomic mass is 9.87. The molecule has 0 radical (unpaired) electrons. The van der Waals surface area contributed by atoms with Crippen LogP contribution in [-0.2, 0) is 0 Å². The topological polar surface area (TPSA) is 68.0 Å². The van der Waals surface area contributed by atoms with E-state index in [0.29, 0.717) is 5.65 Å². The highest BCUT2D eigenvalue weighted by Gasteiger charge is 2.17. The highest BCUT2D eigenvalue weighted by molar-refractivity contribution is 5.42. The number of hydrogen-bond donors (Lipinski definition) is 1. The van der Waals surface area contributed by atoms with E-state index in [1.54, 1.807) is 0 Å². The van der Waals surface area contributed by atoms with Gasteiger partial charge in [0.25, 0.3) is 0 Å². The number of aromatic nitrogens is 5. The Bertz CT molecular complexity index is 519. The van der Waals surface area contributed by atoms with Gasteiger partial charge in [-0.05, 0) is 34.4 Å². The third kappa shape index (κ3) is 3.87. The van der Waals surface area contributed by atoms with E-state index in [1.807, 2.05) is 12.1 Å². The van der Waals surface area contributed by atoms with E-state index in [-0.39, 0.29) is 5.41 Å². The van der Waals surface area contributed by atoms with Gasteiger partial charge in [0, 0.05) is 6.54 Å². The molecule has 0 aliphatic rings. The minimum atomic E-state index is 0.270. The van der Waals surface area contributed by atoms with Gasteiger partial charge in [-0.2, -0.15) is 0 Å². The molecule has 2 rings (SSSR count). The van der Waals surface area contributed by atoms with Gasteiger partial charge >= 0.3 is 0 Å². The summed E-state index contributed by atoms with van der Waals surface area (Å²) in [4.78, 5) is 0. The molecule has 19 heavy (non-hydrogen) atoms. The Kier molecular flexibility index (Phi) is 4.29. The first-order chi connectivity index (χ1) is 9.11. The molecule has 0 aliphatic carbocycles. The Labute approximate surface area is 113 Å². The summed E-state index contributed by atoms with van der Waals surface area (Å²) in [6, 6.07) is 3.77. The first-order valence-electron chi connectivity index (χ1n) is 6.90. The zero-order chi connectivity index (χ0) is 13.7. The van der Waals surface area contributed by atoms with Gasteiger partial charge in [0.2, 0.25) is 0 Å². The minimum absolute atomic E-state index is 0.270. The number of rotatable bonds is 7. The van der Waals surface area contributed by atoms with E-state index in [4.69, 9.17) is 0 Å². The second kappa shape index (κ2) is 5.95. The Morgan fingerprint density at radius 3 is 2.89 bits per heavy atom. The summed E-state index contributed by atoms with van der Waals surface area (Å²) in [5.41, 5.74) is 0.930. The number of nitrogens with one attached hydrogen (secondary N) is 1. The molecule has 2 aromatic rings. The molecule has 0 saturated carbocycles. The van der Waals surface area contributed by atoms with Crippen LogP contribution in [0.2, 0.25) is 0 Å². The molecule has 0 aliphatic heterocycles. The van der Waals surface area contributed by atoms with E-state index >= 15 is 0 Å². The standard InChI is InChI=1S/C13H22N6/c1-4-5-6-9-13(2,3)10-14-11-7-8-12-15-17-18-19(12)16-11/h7-8H,4-6,9-10H2,1-3H3,(H,14,16). The smallest absolute Gasteiger partial charge is 0.200 e. The molecule has 6 heteroatoms. The van der Waals surface area contributed by atoms with Crippen molar-refractivity contribution in [2.24, 2.45) is 5.41 Å². The summed E-state index contributed by atoms with van der Waals surface area (Å²) < 4.78 is 1.44. The maximum Gasteiger partial charge on any atom is 0.200 e.